The quantitative estimate of drug-likeness (QED) is 0.600. The van der Waals surface area contributed by atoms with Crippen molar-refractivity contribution in [2.24, 2.45) is 0 Å². The topological polar surface area (TPSA) is 52.6 Å². The summed E-state index contributed by atoms with van der Waals surface area (Å²) in [5, 5.41) is 0.434. The highest BCUT2D eigenvalue weighted by molar-refractivity contribution is 6.30. The summed E-state index contributed by atoms with van der Waals surface area (Å²) >= 11 is 5.74. The number of rotatable bonds is 5. The van der Waals surface area contributed by atoms with Gasteiger partial charge in [-0.15, -0.1) is 0 Å². The third-order valence-electron chi connectivity index (χ3n) is 2.02. The lowest BCUT2D eigenvalue weighted by Gasteiger charge is -2.14. The van der Waals surface area contributed by atoms with E-state index < -0.39 is 12.1 Å². The van der Waals surface area contributed by atoms with Crippen LogP contribution in [0, 0.1) is 0 Å². The summed E-state index contributed by atoms with van der Waals surface area (Å²) in [5.41, 5.74) is 0.300. The molecule has 0 spiro atoms. The van der Waals surface area contributed by atoms with E-state index in [1.54, 1.807) is 26.0 Å². The molecule has 1 unspecified atom stereocenters. The summed E-state index contributed by atoms with van der Waals surface area (Å²) in [6.07, 6.45) is -0.145. The van der Waals surface area contributed by atoms with Gasteiger partial charge in [0.2, 0.25) is 0 Å². The van der Waals surface area contributed by atoms with Crippen LogP contribution in [0.5, 0.6) is 5.75 Å². The van der Waals surface area contributed by atoms with E-state index in [1.807, 2.05) is 0 Å². The lowest BCUT2D eigenvalue weighted by atomic mass is 10.2. The molecule has 5 heteroatoms. The molecule has 0 aliphatic heterocycles. The number of benzene rings is 1. The van der Waals surface area contributed by atoms with E-state index in [1.165, 1.54) is 6.07 Å². The van der Waals surface area contributed by atoms with Gasteiger partial charge in [-0.05, 0) is 32.0 Å². The number of hydrogen-bond donors (Lipinski definition) is 0. The van der Waals surface area contributed by atoms with Crippen LogP contribution in [0.3, 0.4) is 0 Å². The lowest BCUT2D eigenvalue weighted by molar-refractivity contribution is -0.150. The van der Waals surface area contributed by atoms with Crippen LogP contribution in [0.25, 0.3) is 0 Å². The zero-order valence-corrected chi connectivity index (χ0v) is 10.4. The number of halogens is 1. The SMILES string of the molecule is CCOC(=O)C(C)Oc1ccc(Cl)cc1C=O. The maximum Gasteiger partial charge on any atom is 0.347 e. The van der Waals surface area contributed by atoms with Crippen molar-refractivity contribution in [3.8, 4) is 5.75 Å². The molecule has 1 aromatic rings. The zero-order valence-electron chi connectivity index (χ0n) is 9.60. The van der Waals surface area contributed by atoms with Crippen molar-refractivity contribution < 1.29 is 19.1 Å². The molecule has 0 aliphatic carbocycles. The summed E-state index contributed by atoms with van der Waals surface area (Å²) in [5.74, 6) is -0.163. The van der Waals surface area contributed by atoms with Gasteiger partial charge in [0, 0.05) is 5.02 Å². The first-order chi connectivity index (χ1) is 8.08. The third-order valence-corrected chi connectivity index (χ3v) is 2.26. The largest absolute Gasteiger partial charge is 0.478 e. The van der Waals surface area contributed by atoms with E-state index in [2.05, 4.69) is 0 Å². The second-order valence-corrected chi connectivity index (χ2v) is 3.75. The highest BCUT2D eigenvalue weighted by Crippen LogP contribution is 2.22. The molecule has 1 rings (SSSR count). The molecule has 1 aromatic carbocycles. The van der Waals surface area contributed by atoms with Crippen LogP contribution >= 0.6 is 11.6 Å². The van der Waals surface area contributed by atoms with Crippen LogP contribution in [0.4, 0.5) is 0 Å². The van der Waals surface area contributed by atoms with Gasteiger partial charge in [0.15, 0.2) is 12.4 Å². The van der Waals surface area contributed by atoms with E-state index in [0.717, 1.165) is 0 Å². The Hall–Kier alpha value is -1.55. The maximum atomic E-state index is 11.4. The van der Waals surface area contributed by atoms with Crippen LogP contribution in [-0.4, -0.2) is 25.0 Å². The third kappa shape index (κ3) is 3.75. The Balaban J connectivity index is 2.80. The van der Waals surface area contributed by atoms with Gasteiger partial charge in [-0.25, -0.2) is 4.79 Å². The Labute approximate surface area is 104 Å². The Kier molecular flexibility index (Phi) is 4.97. The van der Waals surface area contributed by atoms with Crippen molar-refractivity contribution in [1.82, 2.24) is 0 Å². The minimum absolute atomic E-state index is 0.285. The number of carbonyl (C=O) groups is 2. The van der Waals surface area contributed by atoms with Gasteiger partial charge in [-0.3, -0.25) is 4.79 Å². The van der Waals surface area contributed by atoms with E-state index in [-0.39, 0.29) is 6.61 Å². The highest BCUT2D eigenvalue weighted by Gasteiger charge is 2.17. The van der Waals surface area contributed by atoms with E-state index in [4.69, 9.17) is 21.1 Å². The minimum Gasteiger partial charge on any atom is -0.478 e. The van der Waals surface area contributed by atoms with Crippen LogP contribution in [0.2, 0.25) is 5.02 Å². The second-order valence-electron chi connectivity index (χ2n) is 3.31. The van der Waals surface area contributed by atoms with Gasteiger partial charge in [0.05, 0.1) is 12.2 Å². The molecule has 4 nitrogen and oxygen atoms in total. The molecule has 92 valence electrons. The van der Waals surface area contributed by atoms with Crippen LogP contribution in [0.1, 0.15) is 24.2 Å². The van der Waals surface area contributed by atoms with Crippen molar-refractivity contribution >= 4 is 23.9 Å². The van der Waals surface area contributed by atoms with Crippen LogP contribution < -0.4 is 4.74 Å². The van der Waals surface area contributed by atoms with E-state index in [0.29, 0.717) is 22.6 Å². The zero-order chi connectivity index (χ0) is 12.8. The van der Waals surface area contributed by atoms with Crippen molar-refractivity contribution in [1.29, 1.82) is 0 Å². The summed E-state index contributed by atoms with van der Waals surface area (Å²) in [7, 11) is 0. The normalized spacial score (nSPS) is 11.7. The molecule has 0 radical (unpaired) electrons. The van der Waals surface area contributed by atoms with Gasteiger partial charge in [-0.2, -0.15) is 0 Å². The fourth-order valence-electron chi connectivity index (χ4n) is 1.22. The van der Waals surface area contributed by atoms with E-state index >= 15 is 0 Å². The first-order valence-corrected chi connectivity index (χ1v) is 5.54. The summed E-state index contributed by atoms with van der Waals surface area (Å²) in [6.45, 7) is 3.55. The van der Waals surface area contributed by atoms with Gasteiger partial charge < -0.3 is 9.47 Å². The van der Waals surface area contributed by atoms with Gasteiger partial charge in [0.1, 0.15) is 5.75 Å². The molecular weight excluding hydrogens is 244 g/mol. The monoisotopic (exact) mass is 256 g/mol. The molecule has 0 fully saturated rings. The van der Waals surface area contributed by atoms with Crippen molar-refractivity contribution in [3.05, 3.63) is 28.8 Å². The molecule has 0 amide bonds. The second kappa shape index (κ2) is 6.25. The first kappa shape index (κ1) is 13.5. The standard InChI is InChI=1S/C12H13ClO4/c1-3-16-12(15)8(2)17-11-5-4-10(13)6-9(11)7-14/h4-8H,3H2,1-2H3. The van der Waals surface area contributed by atoms with Crippen LogP contribution in [0.15, 0.2) is 18.2 Å². The number of hydrogen-bond acceptors (Lipinski definition) is 4. The number of esters is 1. The maximum absolute atomic E-state index is 11.4. The highest BCUT2D eigenvalue weighted by atomic mass is 35.5. The Morgan fingerprint density at radius 1 is 1.53 bits per heavy atom. The molecule has 0 saturated carbocycles. The van der Waals surface area contributed by atoms with E-state index in [9.17, 15) is 9.59 Å². The van der Waals surface area contributed by atoms with Crippen molar-refractivity contribution in [2.75, 3.05) is 6.61 Å². The number of carbonyl (C=O) groups excluding carboxylic acids is 2. The van der Waals surface area contributed by atoms with Crippen LogP contribution in [-0.2, 0) is 9.53 Å². The Morgan fingerprint density at radius 2 is 2.24 bits per heavy atom. The molecular formula is C12H13ClO4. The molecule has 0 aromatic heterocycles. The van der Waals surface area contributed by atoms with Gasteiger partial charge in [0.25, 0.3) is 0 Å². The first-order valence-electron chi connectivity index (χ1n) is 5.16. The Bertz CT molecular complexity index is 417. The van der Waals surface area contributed by atoms with Gasteiger partial charge in [-0.1, -0.05) is 11.6 Å². The van der Waals surface area contributed by atoms with Gasteiger partial charge >= 0.3 is 5.97 Å². The molecule has 0 bridgehead atoms. The predicted octanol–water partition coefficient (Wildman–Crippen LogP) is 2.48. The minimum atomic E-state index is -0.769. The average molecular weight is 257 g/mol. The fourth-order valence-corrected chi connectivity index (χ4v) is 1.40. The summed E-state index contributed by atoms with van der Waals surface area (Å²) < 4.78 is 10.1. The Morgan fingerprint density at radius 3 is 2.82 bits per heavy atom. The molecule has 0 aliphatic rings. The molecule has 0 heterocycles. The summed E-state index contributed by atoms with van der Waals surface area (Å²) in [4.78, 5) is 22.2. The fraction of sp³-hybridized carbons (Fsp3) is 0.333. The van der Waals surface area contributed by atoms with Crippen molar-refractivity contribution in [3.63, 3.8) is 0 Å². The molecule has 0 N–H and O–H groups in total. The predicted molar refractivity (Wildman–Crippen MR) is 63.6 cm³/mol. The molecule has 1 atom stereocenters. The van der Waals surface area contributed by atoms with Crippen molar-refractivity contribution in [2.45, 2.75) is 20.0 Å². The number of aldehydes is 1. The number of ether oxygens (including phenoxy) is 2. The molecule has 0 saturated heterocycles. The molecule has 17 heavy (non-hydrogen) atoms. The lowest BCUT2D eigenvalue weighted by Crippen LogP contribution is -2.26. The smallest absolute Gasteiger partial charge is 0.347 e. The summed E-state index contributed by atoms with van der Waals surface area (Å²) in [6, 6.07) is 4.60. The average Bonchev–Trinajstić information content (AvgIpc) is 2.31.